The highest BCUT2D eigenvalue weighted by atomic mass is 79.9. The number of thiophene rings is 1. The molecule has 0 nitrogen and oxygen atoms in total. The van der Waals surface area contributed by atoms with Crippen LogP contribution in [0.25, 0.3) is 11.6 Å². The summed E-state index contributed by atoms with van der Waals surface area (Å²) in [6, 6.07) is 2.19. The second-order valence-corrected chi connectivity index (χ2v) is 5.17. The van der Waals surface area contributed by atoms with Crippen LogP contribution < -0.4 is 9.75 Å². The molecule has 0 saturated heterocycles. The van der Waals surface area contributed by atoms with Crippen LogP contribution in [-0.4, -0.2) is 0 Å². The Morgan fingerprint density at radius 1 is 1.31 bits per heavy atom. The van der Waals surface area contributed by atoms with Crippen molar-refractivity contribution in [2.45, 2.75) is 6.42 Å². The molecular weight excluding hydrogens is 244 g/mol. The summed E-state index contributed by atoms with van der Waals surface area (Å²) < 4.78 is 2.73. The molecule has 0 aliphatic heterocycles. The van der Waals surface area contributed by atoms with E-state index in [1.807, 2.05) is 11.3 Å². The van der Waals surface area contributed by atoms with Gasteiger partial charge >= 0.3 is 0 Å². The van der Waals surface area contributed by atoms with Gasteiger partial charge in [0.05, 0.1) is 0 Å². The van der Waals surface area contributed by atoms with Crippen LogP contribution in [0.4, 0.5) is 0 Å². The molecule has 0 saturated carbocycles. The Morgan fingerprint density at radius 2 is 2.23 bits per heavy atom. The van der Waals surface area contributed by atoms with Gasteiger partial charge in [0.15, 0.2) is 0 Å². The maximum atomic E-state index is 3.55. The lowest BCUT2D eigenvalue weighted by molar-refractivity contribution is 1.36. The van der Waals surface area contributed by atoms with E-state index in [1.165, 1.54) is 25.4 Å². The minimum absolute atomic E-state index is 1.05. The van der Waals surface area contributed by atoms with Crippen molar-refractivity contribution >= 4 is 38.9 Å². The zero-order chi connectivity index (χ0) is 8.84. The highest BCUT2D eigenvalue weighted by Gasteiger charge is 2.15. The largest absolute Gasteiger partial charge is 0.143 e. The van der Waals surface area contributed by atoms with Gasteiger partial charge in [0.2, 0.25) is 0 Å². The predicted molar refractivity (Wildman–Crippen MR) is 61.2 cm³/mol. The van der Waals surface area contributed by atoms with E-state index in [-0.39, 0.29) is 0 Å². The highest BCUT2D eigenvalue weighted by molar-refractivity contribution is 9.11. The van der Waals surface area contributed by atoms with E-state index in [9.17, 15) is 0 Å². The van der Waals surface area contributed by atoms with Crippen molar-refractivity contribution in [2.24, 2.45) is 0 Å². The normalized spacial score (nSPS) is 18.7. The summed E-state index contributed by atoms with van der Waals surface area (Å²) in [6.07, 6.45) is 7.66. The molecule has 13 heavy (non-hydrogen) atoms. The lowest BCUT2D eigenvalue weighted by Crippen LogP contribution is -2.15. The van der Waals surface area contributed by atoms with E-state index < -0.39 is 0 Å². The van der Waals surface area contributed by atoms with Gasteiger partial charge in [-0.05, 0) is 38.4 Å². The molecule has 0 atom stereocenters. The summed E-state index contributed by atoms with van der Waals surface area (Å²) in [5.74, 6) is 0. The Morgan fingerprint density at radius 3 is 3.15 bits per heavy atom. The molecule has 3 rings (SSSR count). The summed E-state index contributed by atoms with van der Waals surface area (Å²) in [5, 5.41) is 3.55. The molecule has 2 aliphatic rings. The zero-order valence-electron chi connectivity index (χ0n) is 6.88. The molecule has 0 fully saturated rings. The fourth-order valence-corrected chi connectivity index (χ4v) is 3.16. The topological polar surface area (TPSA) is 0 Å². The van der Waals surface area contributed by atoms with Gasteiger partial charge in [-0.2, -0.15) is 0 Å². The number of hydrogen-bond donors (Lipinski definition) is 0. The van der Waals surface area contributed by atoms with Gasteiger partial charge < -0.3 is 0 Å². The van der Waals surface area contributed by atoms with Crippen LogP contribution in [-0.2, 0) is 0 Å². The minimum Gasteiger partial charge on any atom is -0.143 e. The first-order valence-corrected chi connectivity index (χ1v) is 5.87. The fraction of sp³-hybridized carbons (Fsp3) is 0.0909. The molecule has 0 bridgehead atoms. The van der Waals surface area contributed by atoms with Gasteiger partial charge in [-0.15, -0.1) is 11.3 Å². The maximum absolute atomic E-state index is 3.55. The Hall–Kier alpha value is -0.600. The maximum Gasteiger partial charge on any atom is 0.0384 e. The van der Waals surface area contributed by atoms with Crippen LogP contribution in [0.1, 0.15) is 6.42 Å². The smallest absolute Gasteiger partial charge is 0.0384 e. The van der Waals surface area contributed by atoms with Gasteiger partial charge in [-0.3, -0.25) is 0 Å². The van der Waals surface area contributed by atoms with E-state index in [2.05, 4.69) is 45.6 Å². The van der Waals surface area contributed by atoms with E-state index >= 15 is 0 Å². The molecule has 0 aromatic carbocycles. The van der Waals surface area contributed by atoms with Crippen molar-refractivity contribution < 1.29 is 0 Å². The van der Waals surface area contributed by atoms with Gasteiger partial charge in [0, 0.05) is 11.0 Å². The quantitative estimate of drug-likeness (QED) is 0.663. The van der Waals surface area contributed by atoms with E-state index in [0.29, 0.717) is 0 Å². The second-order valence-electron chi connectivity index (χ2n) is 3.24. The average molecular weight is 251 g/mol. The van der Waals surface area contributed by atoms with Gasteiger partial charge in [-0.1, -0.05) is 28.1 Å². The third-order valence-corrected chi connectivity index (χ3v) is 3.95. The highest BCUT2D eigenvalue weighted by Crippen LogP contribution is 2.30. The van der Waals surface area contributed by atoms with Crippen molar-refractivity contribution in [3.63, 3.8) is 0 Å². The molecule has 2 heteroatoms. The van der Waals surface area contributed by atoms with Crippen LogP contribution in [0.3, 0.4) is 0 Å². The molecule has 1 aromatic rings. The molecule has 0 radical (unpaired) electrons. The first kappa shape index (κ1) is 7.77. The summed E-state index contributed by atoms with van der Waals surface area (Å²) in [7, 11) is 0. The molecule has 1 aromatic heterocycles. The van der Waals surface area contributed by atoms with Gasteiger partial charge in [-0.25, -0.2) is 0 Å². The first-order valence-electron chi connectivity index (χ1n) is 4.20. The molecule has 2 aliphatic carbocycles. The van der Waals surface area contributed by atoms with Crippen LogP contribution in [0.15, 0.2) is 33.7 Å². The Bertz CT molecular complexity index is 543. The Labute approximate surface area is 88.7 Å². The van der Waals surface area contributed by atoms with Crippen molar-refractivity contribution in [1.29, 1.82) is 0 Å². The number of allylic oxidation sites excluding steroid dienone is 4. The van der Waals surface area contributed by atoms with Crippen molar-refractivity contribution in [3.8, 4) is 0 Å². The summed E-state index contributed by atoms with van der Waals surface area (Å²) in [5.41, 5.74) is 2.88. The van der Waals surface area contributed by atoms with Gasteiger partial charge in [0.1, 0.15) is 0 Å². The molecule has 0 spiro atoms. The lowest BCUT2D eigenvalue weighted by atomic mass is 10.0. The van der Waals surface area contributed by atoms with Crippen molar-refractivity contribution in [1.82, 2.24) is 0 Å². The number of rotatable bonds is 0. The Balaban J connectivity index is 2.37. The third kappa shape index (κ3) is 1.09. The summed E-state index contributed by atoms with van der Waals surface area (Å²) >= 11 is 5.39. The zero-order valence-corrected chi connectivity index (χ0v) is 9.28. The molecule has 1 heterocycles. The predicted octanol–water partition coefficient (Wildman–Crippen LogP) is 2.30. The molecule has 64 valence electrons. The molecule has 0 amide bonds. The summed E-state index contributed by atoms with van der Waals surface area (Å²) in [4.78, 5) is 0. The second kappa shape index (κ2) is 2.69. The summed E-state index contributed by atoms with van der Waals surface area (Å²) in [6.45, 7) is 0. The standard InChI is InChI=1S/C11H7BrS/c12-9-2-1-7-5-8-3-4-13-11(8)10(7)6-9/h1-5H,6H2. The monoisotopic (exact) mass is 250 g/mol. The van der Waals surface area contributed by atoms with Crippen molar-refractivity contribution in [2.75, 3.05) is 0 Å². The van der Waals surface area contributed by atoms with E-state index in [1.54, 1.807) is 0 Å². The lowest BCUT2D eigenvalue weighted by Gasteiger charge is -2.08. The van der Waals surface area contributed by atoms with Crippen LogP contribution in [0.2, 0.25) is 0 Å². The Kier molecular flexibility index (Phi) is 1.61. The van der Waals surface area contributed by atoms with E-state index in [4.69, 9.17) is 0 Å². The minimum atomic E-state index is 1.05. The SMILES string of the molecule is BrC1=CC=C2C=c3ccsc3=C2C1. The fourth-order valence-electron chi connectivity index (χ4n) is 1.80. The molecular formula is C11H7BrS. The average Bonchev–Trinajstić information content (AvgIpc) is 2.64. The first-order chi connectivity index (χ1) is 6.34. The van der Waals surface area contributed by atoms with Crippen LogP contribution >= 0.6 is 27.3 Å². The van der Waals surface area contributed by atoms with Gasteiger partial charge in [0.25, 0.3) is 0 Å². The number of halogens is 1. The third-order valence-electron chi connectivity index (χ3n) is 2.42. The molecule has 0 N–H and O–H groups in total. The number of fused-ring (bicyclic) bond motifs is 2. The van der Waals surface area contributed by atoms with Crippen LogP contribution in [0.5, 0.6) is 0 Å². The van der Waals surface area contributed by atoms with Crippen LogP contribution in [0, 0.1) is 0 Å². The molecule has 0 unspecified atom stereocenters. The van der Waals surface area contributed by atoms with Crippen molar-refractivity contribution in [3.05, 3.63) is 43.4 Å². The van der Waals surface area contributed by atoms with E-state index in [0.717, 1.165) is 6.42 Å². The number of hydrogen-bond acceptors (Lipinski definition) is 1.